The maximum absolute atomic E-state index is 12.7. The van der Waals surface area contributed by atoms with Gasteiger partial charge in [-0.2, -0.15) is 8.42 Å². The highest BCUT2D eigenvalue weighted by Gasteiger charge is 2.14. The van der Waals surface area contributed by atoms with Crippen LogP contribution in [0.2, 0.25) is 0 Å². The molecular formula is C7H7F2NO2S2. The summed E-state index contributed by atoms with van der Waals surface area (Å²) in [5, 5.41) is 0. The first-order chi connectivity index (χ1) is 6.45. The van der Waals surface area contributed by atoms with Gasteiger partial charge in [0.05, 0.1) is 4.90 Å². The van der Waals surface area contributed by atoms with E-state index in [1.54, 1.807) is 0 Å². The summed E-state index contributed by atoms with van der Waals surface area (Å²) in [6.45, 7) is 0. The number of nitrogens with zero attached hydrogens (tertiary/aromatic N) is 1. The molecular weight excluding hydrogens is 232 g/mol. The average Bonchev–Trinajstić information content (AvgIpc) is 2.02. The predicted octanol–water partition coefficient (Wildman–Crippen LogP) is 1.28. The van der Waals surface area contributed by atoms with Crippen molar-refractivity contribution in [3.8, 4) is 0 Å². The topological polar surface area (TPSA) is 46.5 Å². The Morgan fingerprint density at radius 1 is 1.21 bits per heavy atom. The van der Waals surface area contributed by atoms with E-state index in [1.807, 2.05) is 0 Å². The van der Waals surface area contributed by atoms with Crippen molar-refractivity contribution in [2.24, 2.45) is 3.77 Å². The van der Waals surface area contributed by atoms with Crippen LogP contribution < -0.4 is 0 Å². The second-order valence-electron chi connectivity index (χ2n) is 2.36. The number of benzene rings is 1. The van der Waals surface area contributed by atoms with Crippen LogP contribution in [0.5, 0.6) is 0 Å². The van der Waals surface area contributed by atoms with E-state index in [2.05, 4.69) is 3.77 Å². The smallest absolute Gasteiger partial charge is 0.207 e. The highest BCUT2D eigenvalue weighted by atomic mass is 32.2. The van der Waals surface area contributed by atoms with E-state index in [-0.39, 0.29) is 11.6 Å². The Bertz CT molecular complexity index is 450. The Morgan fingerprint density at radius 2 is 1.71 bits per heavy atom. The molecule has 0 saturated carbocycles. The molecule has 78 valence electrons. The Kier molecular flexibility index (Phi) is 3.33. The summed E-state index contributed by atoms with van der Waals surface area (Å²) >= 11 is 0.264. The van der Waals surface area contributed by atoms with Crippen LogP contribution in [-0.4, -0.2) is 14.7 Å². The molecule has 0 unspecified atom stereocenters. The summed E-state index contributed by atoms with van der Waals surface area (Å²) in [6, 6.07) is 2.06. The van der Waals surface area contributed by atoms with Gasteiger partial charge in [-0.3, -0.25) is 0 Å². The van der Waals surface area contributed by atoms with Gasteiger partial charge in [0.2, 0.25) is 0 Å². The quantitative estimate of drug-likeness (QED) is 0.790. The van der Waals surface area contributed by atoms with E-state index in [9.17, 15) is 17.2 Å². The van der Waals surface area contributed by atoms with Crippen molar-refractivity contribution < 1.29 is 17.2 Å². The zero-order valence-electron chi connectivity index (χ0n) is 7.11. The third-order valence-corrected chi connectivity index (χ3v) is 3.67. The van der Waals surface area contributed by atoms with Crippen LogP contribution in [0, 0.1) is 11.6 Å². The molecule has 7 heteroatoms. The fourth-order valence-electron chi connectivity index (χ4n) is 0.832. The number of hydrogen-bond donors (Lipinski definition) is 1. The normalized spacial score (nSPS) is 12.8. The lowest BCUT2D eigenvalue weighted by Gasteiger charge is -1.98. The molecule has 0 atom stereocenters. The molecule has 0 N–H and O–H groups in total. The Hall–Kier alpha value is -0.820. The van der Waals surface area contributed by atoms with Crippen molar-refractivity contribution in [1.29, 1.82) is 0 Å². The minimum atomic E-state index is -3.92. The first-order valence-electron chi connectivity index (χ1n) is 3.48. The van der Waals surface area contributed by atoms with E-state index < -0.39 is 26.6 Å². The zero-order chi connectivity index (χ0) is 10.8. The number of halogens is 2. The maximum Gasteiger partial charge on any atom is 0.287 e. The van der Waals surface area contributed by atoms with Gasteiger partial charge >= 0.3 is 0 Å². The first-order valence-corrected chi connectivity index (χ1v) is 6.21. The molecule has 3 nitrogen and oxygen atoms in total. The van der Waals surface area contributed by atoms with Crippen LogP contribution in [0.1, 0.15) is 0 Å². The molecule has 14 heavy (non-hydrogen) atoms. The van der Waals surface area contributed by atoms with Crippen molar-refractivity contribution in [2.75, 3.05) is 6.26 Å². The summed E-state index contributed by atoms with van der Waals surface area (Å²) in [5.41, 5.74) is 0. The molecule has 0 aliphatic rings. The summed E-state index contributed by atoms with van der Waals surface area (Å²) in [7, 11) is -3.92. The molecule has 1 aromatic carbocycles. The molecule has 1 aromatic rings. The molecule has 1 rings (SSSR count). The molecule has 0 heterocycles. The van der Waals surface area contributed by atoms with Crippen LogP contribution in [0.4, 0.5) is 8.78 Å². The molecule has 0 fully saturated rings. The van der Waals surface area contributed by atoms with Crippen molar-refractivity contribution in [3.63, 3.8) is 0 Å². The number of rotatable bonds is 2. The van der Waals surface area contributed by atoms with Crippen LogP contribution in [0.25, 0.3) is 0 Å². The van der Waals surface area contributed by atoms with Gasteiger partial charge < -0.3 is 0 Å². The molecule has 0 radical (unpaired) electrons. The molecule has 0 saturated heterocycles. The van der Waals surface area contributed by atoms with E-state index >= 15 is 0 Å². The lowest BCUT2D eigenvalue weighted by Crippen LogP contribution is -1.98. The number of sulfonamides is 1. The number of hydrogen-bond acceptors (Lipinski definition) is 2. The molecule has 0 aliphatic heterocycles. The lowest BCUT2D eigenvalue weighted by molar-refractivity contribution is 0.568. The fourth-order valence-corrected chi connectivity index (χ4v) is 2.59. The van der Waals surface area contributed by atoms with Crippen molar-refractivity contribution in [1.82, 2.24) is 0 Å². The van der Waals surface area contributed by atoms with Gasteiger partial charge in [-0.05, 0) is 18.4 Å². The van der Waals surface area contributed by atoms with Gasteiger partial charge in [0.1, 0.15) is 11.6 Å². The van der Waals surface area contributed by atoms with Gasteiger partial charge in [-0.15, -0.1) is 3.77 Å². The highest BCUT2D eigenvalue weighted by Crippen LogP contribution is 2.15. The van der Waals surface area contributed by atoms with Gasteiger partial charge in [0, 0.05) is 6.07 Å². The third-order valence-electron chi connectivity index (χ3n) is 1.32. The van der Waals surface area contributed by atoms with Crippen LogP contribution in [0.15, 0.2) is 26.9 Å². The zero-order valence-corrected chi connectivity index (χ0v) is 8.82. The minimum Gasteiger partial charge on any atom is -0.207 e. The monoisotopic (exact) mass is 239 g/mol. The number of thiol groups is 1. The second kappa shape index (κ2) is 4.14. The molecule has 0 aliphatic carbocycles. The summed E-state index contributed by atoms with van der Waals surface area (Å²) < 4.78 is 51.0. The highest BCUT2D eigenvalue weighted by molar-refractivity contribution is 7.94. The Morgan fingerprint density at radius 3 is 2.14 bits per heavy atom. The van der Waals surface area contributed by atoms with Crippen molar-refractivity contribution in [3.05, 3.63) is 29.8 Å². The van der Waals surface area contributed by atoms with Crippen LogP contribution in [-0.2, 0) is 21.6 Å². The van der Waals surface area contributed by atoms with E-state index in [0.29, 0.717) is 6.07 Å². The van der Waals surface area contributed by atoms with Crippen molar-refractivity contribution in [2.45, 2.75) is 4.90 Å². The van der Waals surface area contributed by atoms with Gasteiger partial charge in [0.15, 0.2) is 0 Å². The summed E-state index contributed by atoms with van der Waals surface area (Å²) in [6.07, 6.45) is 1.49. The van der Waals surface area contributed by atoms with Gasteiger partial charge in [-0.25, -0.2) is 8.78 Å². The van der Waals surface area contributed by atoms with Crippen molar-refractivity contribution >= 4 is 21.6 Å². The first kappa shape index (κ1) is 11.3. The SMILES string of the molecule is C[SH]=NS(=O)(=O)c1cc(F)cc(F)c1. The summed E-state index contributed by atoms with van der Waals surface area (Å²) in [4.78, 5) is -0.468. The maximum atomic E-state index is 12.7. The van der Waals surface area contributed by atoms with E-state index in [0.717, 1.165) is 12.1 Å². The third kappa shape index (κ3) is 2.58. The van der Waals surface area contributed by atoms with Crippen LogP contribution >= 0.6 is 0 Å². The van der Waals surface area contributed by atoms with Gasteiger partial charge in [0.25, 0.3) is 10.0 Å². The van der Waals surface area contributed by atoms with Crippen LogP contribution in [0.3, 0.4) is 0 Å². The largest absolute Gasteiger partial charge is 0.287 e. The fraction of sp³-hybridized carbons (Fsp3) is 0.143. The second-order valence-corrected chi connectivity index (χ2v) is 4.84. The molecule has 0 amide bonds. The van der Waals surface area contributed by atoms with E-state index in [1.165, 1.54) is 6.26 Å². The molecule has 0 bridgehead atoms. The van der Waals surface area contributed by atoms with E-state index in [4.69, 9.17) is 0 Å². The minimum absolute atomic E-state index is 0.264. The standard InChI is InChI=1S/C7H7F2NO2S2/c1-13-10-14(11,12)7-3-5(8)2-6(9)4-7/h2-4,13H,1H3. The Labute approximate surface area is 83.9 Å². The Balaban J connectivity index is 3.33. The van der Waals surface area contributed by atoms with Gasteiger partial charge in [-0.1, -0.05) is 11.6 Å². The summed E-state index contributed by atoms with van der Waals surface area (Å²) in [5.74, 6) is -1.88. The average molecular weight is 239 g/mol. The molecule has 0 spiro atoms. The molecule has 0 aromatic heterocycles. The predicted molar refractivity (Wildman–Crippen MR) is 50.7 cm³/mol. The lowest BCUT2D eigenvalue weighted by atomic mass is 10.3.